The Balaban J connectivity index is 2.68. The van der Waals surface area contributed by atoms with Crippen molar-refractivity contribution in [1.29, 1.82) is 0 Å². The van der Waals surface area contributed by atoms with Gasteiger partial charge in [-0.3, -0.25) is 4.79 Å². The molecule has 2 heteroatoms. The van der Waals surface area contributed by atoms with Gasteiger partial charge >= 0.3 is 0 Å². The number of likely N-dealkylation sites (tertiary alicyclic amines) is 1. The highest BCUT2D eigenvalue weighted by Crippen LogP contribution is 2.28. The summed E-state index contributed by atoms with van der Waals surface area (Å²) >= 11 is 0. The van der Waals surface area contributed by atoms with Crippen LogP contribution in [0.1, 0.15) is 32.6 Å². The van der Waals surface area contributed by atoms with Crippen molar-refractivity contribution in [2.24, 2.45) is 0 Å². The molecule has 1 aliphatic heterocycles. The van der Waals surface area contributed by atoms with Gasteiger partial charge in [-0.1, -0.05) is 12.2 Å². The molecular weight excluding hydrogens is 174 g/mol. The van der Waals surface area contributed by atoms with E-state index in [1.807, 2.05) is 17.1 Å². The van der Waals surface area contributed by atoms with Gasteiger partial charge in [-0.25, -0.2) is 0 Å². The monoisotopic (exact) mass is 193 g/mol. The Labute approximate surface area is 86.3 Å². The summed E-state index contributed by atoms with van der Waals surface area (Å²) in [6, 6.07) is 0.741. The normalized spacial score (nSPS) is 26.2. The van der Waals surface area contributed by atoms with Gasteiger partial charge in [0.2, 0.25) is 5.91 Å². The summed E-state index contributed by atoms with van der Waals surface area (Å²) < 4.78 is 0. The maximum atomic E-state index is 11.5. The molecule has 1 heterocycles. The van der Waals surface area contributed by atoms with Crippen molar-refractivity contribution in [1.82, 2.24) is 4.90 Å². The van der Waals surface area contributed by atoms with Crippen molar-refractivity contribution in [3.8, 4) is 0 Å². The highest BCUT2D eigenvalue weighted by Gasteiger charge is 2.33. The number of nitrogens with zero attached hydrogens (tertiary/aromatic N) is 1. The van der Waals surface area contributed by atoms with Gasteiger partial charge in [0.1, 0.15) is 0 Å². The molecule has 1 aliphatic rings. The lowest BCUT2D eigenvalue weighted by atomic mass is 10.1. The third-order valence-corrected chi connectivity index (χ3v) is 2.86. The topological polar surface area (TPSA) is 20.3 Å². The first kappa shape index (κ1) is 11.0. The van der Waals surface area contributed by atoms with Crippen molar-refractivity contribution in [2.45, 2.75) is 44.7 Å². The molecule has 0 N–H and O–H groups in total. The van der Waals surface area contributed by atoms with E-state index in [4.69, 9.17) is 0 Å². The SMILES string of the molecule is C=CC[C@@H]1CC[C@H](CC=C)N1C(C)=O. The summed E-state index contributed by atoms with van der Waals surface area (Å²) in [6.45, 7) is 9.11. The van der Waals surface area contributed by atoms with Crippen molar-refractivity contribution in [3.63, 3.8) is 0 Å². The van der Waals surface area contributed by atoms with Crippen molar-refractivity contribution in [3.05, 3.63) is 25.3 Å². The summed E-state index contributed by atoms with van der Waals surface area (Å²) in [4.78, 5) is 13.5. The summed E-state index contributed by atoms with van der Waals surface area (Å²) in [6.07, 6.45) is 7.82. The standard InChI is InChI=1S/C12H19NO/c1-4-6-11-8-9-12(7-5-2)13(11)10(3)14/h4-5,11-12H,1-2,6-9H2,3H3/t11-,12+. The highest BCUT2D eigenvalue weighted by atomic mass is 16.2. The minimum Gasteiger partial charge on any atom is -0.336 e. The Kier molecular flexibility index (Phi) is 3.93. The molecule has 1 rings (SSSR count). The molecule has 14 heavy (non-hydrogen) atoms. The number of hydrogen-bond donors (Lipinski definition) is 0. The fourth-order valence-corrected chi connectivity index (χ4v) is 2.32. The zero-order chi connectivity index (χ0) is 10.6. The molecule has 0 saturated carbocycles. The second-order valence-corrected chi connectivity index (χ2v) is 3.86. The molecule has 2 atom stereocenters. The number of carbonyl (C=O) groups excluding carboxylic acids is 1. The van der Waals surface area contributed by atoms with Crippen molar-refractivity contribution in [2.75, 3.05) is 0 Å². The minimum atomic E-state index is 0.182. The molecule has 1 amide bonds. The summed E-state index contributed by atoms with van der Waals surface area (Å²) in [5, 5.41) is 0. The van der Waals surface area contributed by atoms with Crippen LogP contribution in [0.3, 0.4) is 0 Å². The van der Waals surface area contributed by atoms with Gasteiger partial charge in [-0.05, 0) is 25.7 Å². The molecule has 0 unspecified atom stereocenters. The molecule has 1 saturated heterocycles. The van der Waals surface area contributed by atoms with Gasteiger partial charge in [0.15, 0.2) is 0 Å². The van der Waals surface area contributed by atoms with Crippen LogP contribution in [0.15, 0.2) is 25.3 Å². The van der Waals surface area contributed by atoms with Gasteiger partial charge in [0.25, 0.3) is 0 Å². The van der Waals surface area contributed by atoms with E-state index in [-0.39, 0.29) is 5.91 Å². The molecule has 0 aromatic heterocycles. The van der Waals surface area contributed by atoms with Crippen molar-refractivity contribution < 1.29 is 4.79 Å². The lowest BCUT2D eigenvalue weighted by Crippen LogP contribution is -2.39. The number of rotatable bonds is 4. The van der Waals surface area contributed by atoms with Crippen LogP contribution in [0.25, 0.3) is 0 Å². The van der Waals surface area contributed by atoms with E-state index in [9.17, 15) is 4.79 Å². The third kappa shape index (κ3) is 2.25. The first-order valence-corrected chi connectivity index (χ1v) is 5.21. The highest BCUT2D eigenvalue weighted by molar-refractivity contribution is 5.74. The first-order chi connectivity index (χ1) is 6.70. The molecule has 0 radical (unpaired) electrons. The number of amides is 1. The fraction of sp³-hybridized carbons (Fsp3) is 0.583. The van der Waals surface area contributed by atoms with Crippen LogP contribution in [0.4, 0.5) is 0 Å². The van der Waals surface area contributed by atoms with E-state index in [1.165, 1.54) is 0 Å². The van der Waals surface area contributed by atoms with E-state index in [1.54, 1.807) is 6.92 Å². The first-order valence-electron chi connectivity index (χ1n) is 5.21. The zero-order valence-electron chi connectivity index (χ0n) is 8.91. The molecule has 1 fully saturated rings. The Morgan fingerprint density at radius 2 is 1.71 bits per heavy atom. The molecule has 78 valence electrons. The van der Waals surface area contributed by atoms with Gasteiger partial charge in [-0.2, -0.15) is 0 Å². The molecule has 0 bridgehead atoms. The van der Waals surface area contributed by atoms with Gasteiger partial charge in [-0.15, -0.1) is 13.2 Å². The average Bonchev–Trinajstić information content (AvgIpc) is 2.49. The lowest BCUT2D eigenvalue weighted by Gasteiger charge is -2.28. The Hall–Kier alpha value is -1.05. The van der Waals surface area contributed by atoms with E-state index in [2.05, 4.69) is 13.2 Å². The fourth-order valence-electron chi connectivity index (χ4n) is 2.32. The predicted octanol–water partition coefficient (Wildman–Crippen LogP) is 2.52. The smallest absolute Gasteiger partial charge is 0.219 e. The maximum Gasteiger partial charge on any atom is 0.219 e. The third-order valence-electron chi connectivity index (χ3n) is 2.86. The van der Waals surface area contributed by atoms with E-state index >= 15 is 0 Å². The van der Waals surface area contributed by atoms with Crippen LogP contribution in [0.5, 0.6) is 0 Å². The maximum absolute atomic E-state index is 11.5. The van der Waals surface area contributed by atoms with E-state index < -0.39 is 0 Å². The average molecular weight is 193 g/mol. The van der Waals surface area contributed by atoms with Crippen LogP contribution in [0.2, 0.25) is 0 Å². The quantitative estimate of drug-likeness (QED) is 0.628. The largest absolute Gasteiger partial charge is 0.336 e. The Bertz CT molecular complexity index is 216. The van der Waals surface area contributed by atoms with Gasteiger partial charge < -0.3 is 4.90 Å². The van der Waals surface area contributed by atoms with Crippen LogP contribution in [0, 0.1) is 0 Å². The molecule has 0 aromatic carbocycles. The number of carbonyl (C=O) groups is 1. The molecule has 0 aliphatic carbocycles. The van der Waals surface area contributed by atoms with Crippen LogP contribution >= 0.6 is 0 Å². The van der Waals surface area contributed by atoms with Crippen LogP contribution < -0.4 is 0 Å². The van der Waals surface area contributed by atoms with Crippen LogP contribution in [-0.2, 0) is 4.79 Å². The number of hydrogen-bond acceptors (Lipinski definition) is 1. The second kappa shape index (κ2) is 4.99. The molecule has 0 aromatic rings. The Morgan fingerprint density at radius 1 is 1.29 bits per heavy atom. The molecule has 2 nitrogen and oxygen atoms in total. The van der Waals surface area contributed by atoms with E-state index in [0.29, 0.717) is 12.1 Å². The second-order valence-electron chi connectivity index (χ2n) is 3.86. The summed E-state index contributed by atoms with van der Waals surface area (Å²) in [5.41, 5.74) is 0. The van der Waals surface area contributed by atoms with Crippen molar-refractivity contribution >= 4 is 5.91 Å². The zero-order valence-corrected chi connectivity index (χ0v) is 8.91. The lowest BCUT2D eigenvalue weighted by molar-refractivity contribution is -0.131. The predicted molar refractivity (Wildman–Crippen MR) is 59.0 cm³/mol. The van der Waals surface area contributed by atoms with Gasteiger partial charge in [0, 0.05) is 19.0 Å². The summed E-state index contributed by atoms with van der Waals surface area (Å²) in [7, 11) is 0. The van der Waals surface area contributed by atoms with Crippen LogP contribution in [-0.4, -0.2) is 22.9 Å². The molecular formula is C12H19NO. The van der Waals surface area contributed by atoms with Gasteiger partial charge in [0.05, 0.1) is 0 Å². The van der Waals surface area contributed by atoms with E-state index in [0.717, 1.165) is 25.7 Å². The minimum absolute atomic E-state index is 0.182. The Morgan fingerprint density at radius 3 is 2.00 bits per heavy atom. The summed E-state index contributed by atoms with van der Waals surface area (Å²) in [5.74, 6) is 0.182. The molecule has 0 spiro atoms.